The number of nitrogens with zero attached hydrogens (tertiary/aromatic N) is 2. The van der Waals surface area contributed by atoms with E-state index in [1.807, 2.05) is 6.07 Å². The van der Waals surface area contributed by atoms with E-state index >= 15 is 0 Å². The lowest BCUT2D eigenvalue weighted by molar-refractivity contribution is 0.0633. The van der Waals surface area contributed by atoms with Crippen LogP contribution in [-0.4, -0.2) is 54.5 Å². The second-order valence-electron chi connectivity index (χ2n) is 7.40. The first-order valence-corrected chi connectivity index (χ1v) is 9.81. The Hall–Kier alpha value is -2.86. The molecule has 1 fully saturated rings. The molecule has 6 heteroatoms. The minimum atomic E-state index is -0.185. The molecule has 0 N–H and O–H groups in total. The quantitative estimate of drug-likeness (QED) is 0.766. The maximum absolute atomic E-state index is 12.6. The molecule has 0 unspecified atom stereocenters. The minimum absolute atomic E-state index is 0.185. The van der Waals surface area contributed by atoms with Gasteiger partial charge in [0, 0.05) is 19.1 Å². The standard InChI is InChI=1S/C22H22N2O4/c25-21-16-4-1-2-5-17(16)22(26)24(21)11-10-23-9-3-6-18(23)15-7-8-19-20(14-15)28-13-12-27-19/h1-2,4-5,7-8,14,18H,3,6,9-13H2/t18-/m1/s1. The Morgan fingerprint density at radius 3 is 2.36 bits per heavy atom. The Morgan fingerprint density at radius 2 is 1.61 bits per heavy atom. The van der Waals surface area contributed by atoms with E-state index in [9.17, 15) is 9.59 Å². The minimum Gasteiger partial charge on any atom is -0.486 e. The molecule has 2 aromatic rings. The van der Waals surface area contributed by atoms with Crippen LogP contribution in [0.15, 0.2) is 42.5 Å². The van der Waals surface area contributed by atoms with E-state index in [1.165, 1.54) is 10.5 Å². The maximum Gasteiger partial charge on any atom is 0.261 e. The van der Waals surface area contributed by atoms with Crippen molar-refractivity contribution in [3.8, 4) is 11.5 Å². The molecular weight excluding hydrogens is 356 g/mol. The molecule has 2 amide bonds. The molecule has 0 spiro atoms. The second-order valence-corrected chi connectivity index (χ2v) is 7.40. The number of ether oxygens (including phenoxy) is 2. The summed E-state index contributed by atoms with van der Waals surface area (Å²) < 4.78 is 11.3. The molecule has 3 aliphatic rings. The number of carbonyl (C=O) groups is 2. The Kier molecular flexibility index (Phi) is 4.28. The van der Waals surface area contributed by atoms with Crippen molar-refractivity contribution >= 4 is 11.8 Å². The number of benzene rings is 2. The molecule has 0 bridgehead atoms. The molecular formula is C22H22N2O4. The first-order valence-electron chi connectivity index (χ1n) is 9.81. The Labute approximate surface area is 163 Å². The molecule has 3 aliphatic heterocycles. The van der Waals surface area contributed by atoms with Gasteiger partial charge in [-0.15, -0.1) is 0 Å². The van der Waals surface area contributed by atoms with E-state index in [2.05, 4.69) is 17.0 Å². The van der Waals surface area contributed by atoms with Crippen molar-refractivity contribution in [2.24, 2.45) is 0 Å². The van der Waals surface area contributed by atoms with E-state index in [1.54, 1.807) is 24.3 Å². The summed E-state index contributed by atoms with van der Waals surface area (Å²) in [4.78, 5) is 28.9. The molecule has 0 aliphatic carbocycles. The van der Waals surface area contributed by atoms with Crippen LogP contribution in [0, 0.1) is 0 Å². The maximum atomic E-state index is 12.6. The highest BCUT2D eigenvalue weighted by atomic mass is 16.6. The zero-order valence-electron chi connectivity index (χ0n) is 15.6. The molecule has 2 aromatic carbocycles. The third kappa shape index (κ3) is 2.85. The number of rotatable bonds is 4. The predicted molar refractivity (Wildman–Crippen MR) is 103 cm³/mol. The zero-order chi connectivity index (χ0) is 19.1. The third-order valence-corrected chi connectivity index (χ3v) is 5.80. The molecule has 0 radical (unpaired) electrons. The number of hydrogen-bond acceptors (Lipinski definition) is 5. The van der Waals surface area contributed by atoms with E-state index < -0.39 is 0 Å². The molecule has 1 saturated heterocycles. The van der Waals surface area contributed by atoms with Crippen LogP contribution in [0.25, 0.3) is 0 Å². The first-order chi connectivity index (χ1) is 13.7. The van der Waals surface area contributed by atoms with Gasteiger partial charge in [0.05, 0.1) is 11.1 Å². The van der Waals surface area contributed by atoms with Crippen LogP contribution in [0.4, 0.5) is 0 Å². The van der Waals surface area contributed by atoms with Crippen molar-refractivity contribution in [1.82, 2.24) is 9.80 Å². The number of fused-ring (bicyclic) bond motifs is 2. The molecule has 5 rings (SSSR count). The summed E-state index contributed by atoms with van der Waals surface area (Å²) in [5.41, 5.74) is 2.22. The third-order valence-electron chi connectivity index (χ3n) is 5.80. The van der Waals surface area contributed by atoms with Gasteiger partial charge >= 0.3 is 0 Å². The van der Waals surface area contributed by atoms with Crippen LogP contribution in [0.5, 0.6) is 11.5 Å². The van der Waals surface area contributed by atoms with Crippen LogP contribution in [0.2, 0.25) is 0 Å². The van der Waals surface area contributed by atoms with E-state index in [0.717, 1.165) is 30.9 Å². The summed E-state index contributed by atoms with van der Waals surface area (Å²) in [5, 5.41) is 0. The van der Waals surface area contributed by atoms with E-state index in [0.29, 0.717) is 37.4 Å². The van der Waals surface area contributed by atoms with Gasteiger partial charge in [0.1, 0.15) is 13.2 Å². The SMILES string of the molecule is O=C1c2ccccc2C(=O)N1CCN1CCC[C@@H]1c1ccc2c(c1)OCCO2. The van der Waals surface area contributed by atoms with Crippen molar-refractivity contribution in [3.63, 3.8) is 0 Å². The molecule has 6 nitrogen and oxygen atoms in total. The van der Waals surface area contributed by atoms with Crippen LogP contribution >= 0.6 is 0 Å². The van der Waals surface area contributed by atoms with Crippen molar-refractivity contribution < 1.29 is 19.1 Å². The molecule has 144 valence electrons. The molecule has 0 saturated carbocycles. The van der Waals surface area contributed by atoms with Crippen molar-refractivity contribution in [1.29, 1.82) is 0 Å². The molecule has 28 heavy (non-hydrogen) atoms. The summed E-state index contributed by atoms with van der Waals surface area (Å²) in [6.07, 6.45) is 2.16. The summed E-state index contributed by atoms with van der Waals surface area (Å²) in [6, 6.07) is 13.5. The van der Waals surface area contributed by atoms with Gasteiger partial charge in [0.15, 0.2) is 11.5 Å². The number of likely N-dealkylation sites (tertiary alicyclic amines) is 1. The van der Waals surface area contributed by atoms with Gasteiger partial charge < -0.3 is 9.47 Å². The summed E-state index contributed by atoms with van der Waals surface area (Å²) in [6.45, 7) is 3.20. The highest BCUT2D eigenvalue weighted by Crippen LogP contribution is 2.38. The fraction of sp³-hybridized carbons (Fsp3) is 0.364. The fourth-order valence-corrected chi connectivity index (χ4v) is 4.41. The predicted octanol–water partition coefficient (Wildman–Crippen LogP) is 2.89. The smallest absolute Gasteiger partial charge is 0.261 e. The Bertz CT molecular complexity index is 907. The van der Waals surface area contributed by atoms with Gasteiger partial charge in [0.2, 0.25) is 0 Å². The van der Waals surface area contributed by atoms with Crippen molar-refractivity contribution in [3.05, 3.63) is 59.2 Å². The fourth-order valence-electron chi connectivity index (χ4n) is 4.41. The van der Waals surface area contributed by atoms with E-state index in [-0.39, 0.29) is 17.9 Å². The number of imide groups is 1. The largest absolute Gasteiger partial charge is 0.486 e. The lowest BCUT2D eigenvalue weighted by Crippen LogP contribution is -2.38. The normalized spacial score (nSPS) is 21.3. The summed E-state index contributed by atoms with van der Waals surface area (Å²) >= 11 is 0. The Balaban J connectivity index is 1.30. The Morgan fingerprint density at radius 1 is 0.893 bits per heavy atom. The molecule has 0 aromatic heterocycles. The van der Waals surface area contributed by atoms with Gasteiger partial charge in [-0.2, -0.15) is 0 Å². The van der Waals surface area contributed by atoms with Crippen LogP contribution in [0.3, 0.4) is 0 Å². The second kappa shape index (κ2) is 6.95. The van der Waals surface area contributed by atoms with Gasteiger partial charge in [-0.1, -0.05) is 18.2 Å². The lowest BCUT2D eigenvalue weighted by atomic mass is 10.0. The van der Waals surface area contributed by atoms with Crippen LogP contribution in [0.1, 0.15) is 45.2 Å². The average Bonchev–Trinajstić information content (AvgIpc) is 3.30. The molecule has 3 heterocycles. The van der Waals surface area contributed by atoms with Gasteiger partial charge in [-0.05, 0) is 49.2 Å². The highest BCUT2D eigenvalue weighted by molar-refractivity contribution is 6.21. The van der Waals surface area contributed by atoms with Crippen molar-refractivity contribution in [2.75, 3.05) is 32.8 Å². The summed E-state index contributed by atoms with van der Waals surface area (Å²) in [5.74, 6) is 1.23. The van der Waals surface area contributed by atoms with Crippen LogP contribution < -0.4 is 9.47 Å². The van der Waals surface area contributed by atoms with Gasteiger partial charge in [-0.3, -0.25) is 19.4 Å². The number of amides is 2. The topological polar surface area (TPSA) is 59.1 Å². The van der Waals surface area contributed by atoms with Crippen molar-refractivity contribution in [2.45, 2.75) is 18.9 Å². The zero-order valence-corrected chi connectivity index (χ0v) is 15.6. The monoisotopic (exact) mass is 378 g/mol. The first kappa shape index (κ1) is 17.3. The lowest BCUT2D eigenvalue weighted by Gasteiger charge is -2.28. The number of carbonyl (C=O) groups excluding carboxylic acids is 2. The van der Waals surface area contributed by atoms with Gasteiger partial charge in [-0.25, -0.2) is 0 Å². The highest BCUT2D eigenvalue weighted by Gasteiger charge is 2.36. The van der Waals surface area contributed by atoms with Gasteiger partial charge in [0.25, 0.3) is 11.8 Å². The average molecular weight is 378 g/mol. The number of hydrogen-bond donors (Lipinski definition) is 0. The van der Waals surface area contributed by atoms with E-state index in [4.69, 9.17) is 9.47 Å². The summed E-state index contributed by atoms with van der Waals surface area (Å²) in [7, 11) is 0. The van der Waals surface area contributed by atoms with Crippen LogP contribution in [-0.2, 0) is 0 Å². The molecule has 1 atom stereocenters.